The zero-order chi connectivity index (χ0) is 18.5. The van der Waals surface area contributed by atoms with Crippen molar-refractivity contribution < 1.29 is 19.1 Å². The number of anilines is 1. The molecule has 7 heteroatoms. The molecule has 2 unspecified atom stereocenters. The van der Waals surface area contributed by atoms with Gasteiger partial charge in [-0.1, -0.05) is 18.2 Å². The fourth-order valence-corrected chi connectivity index (χ4v) is 2.69. The van der Waals surface area contributed by atoms with Gasteiger partial charge in [-0.2, -0.15) is 0 Å². The van der Waals surface area contributed by atoms with Crippen molar-refractivity contribution in [3.63, 3.8) is 0 Å². The maximum atomic E-state index is 12.4. The third kappa shape index (κ3) is 4.05. The summed E-state index contributed by atoms with van der Waals surface area (Å²) in [7, 11) is 1.28. The van der Waals surface area contributed by atoms with E-state index in [4.69, 9.17) is 4.74 Å². The summed E-state index contributed by atoms with van der Waals surface area (Å²) in [5.41, 5.74) is 1.42. The highest BCUT2D eigenvalue weighted by atomic mass is 16.5. The molecule has 2 N–H and O–H groups in total. The molecule has 134 valence electrons. The summed E-state index contributed by atoms with van der Waals surface area (Å²) < 4.78 is 4.71. The van der Waals surface area contributed by atoms with E-state index in [2.05, 4.69) is 15.6 Å². The van der Waals surface area contributed by atoms with Gasteiger partial charge in [0.25, 0.3) is 0 Å². The molecule has 26 heavy (non-hydrogen) atoms. The first-order valence-electron chi connectivity index (χ1n) is 8.26. The van der Waals surface area contributed by atoms with Crippen LogP contribution in [0.25, 0.3) is 0 Å². The first kappa shape index (κ1) is 17.6. The highest BCUT2D eigenvalue weighted by Crippen LogP contribution is 2.39. The van der Waals surface area contributed by atoms with Gasteiger partial charge in [-0.25, -0.2) is 4.79 Å². The van der Waals surface area contributed by atoms with Gasteiger partial charge in [-0.15, -0.1) is 0 Å². The summed E-state index contributed by atoms with van der Waals surface area (Å²) >= 11 is 0. The van der Waals surface area contributed by atoms with Crippen molar-refractivity contribution in [3.8, 4) is 0 Å². The first-order valence-corrected chi connectivity index (χ1v) is 8.26. The number of methoxy groups -OCH3 is 1. The van der Waals surface area contributed by atoms with E-state index < -0.39 is 11.9 Å². The molecular weight excluding hydrogens is 334 g/mol. The summed E-state index contributed by atoms with van der Waals surface area (Å²) in [6.45, 7) is 0.329. The van der Waals surface area contributed by atoms with E-state index in [1.165, 1.54) is 7.11 Å². The van der Waals surface area contributed by atoms with Crippen LogP contribution in [0.15, 0.2) is 48.7 Å². The quantitative estimate of drug-likeness (QED) is 0.771. The number of carbonyl (C=O) groups is 3. The molecule has 0 bridgehead atoms. The molecule has 0 spiro atoms. The Balaban J connectivity index is 1.54. The fraction of sp³-hybridized carbons (Fsp3) is 0.263. The third-order valence-corrected chi connectivity index (χ3v) is 4.22. The number of aromatic nitrogens is 1. The molecule has 0 radical (unpaired) electrons. The molecule has 1 aliphatic rings. The Bertz CT molecular complexity index is 823. The number of benzene rings is 1. The van der Waals surface area contributed by atoms with Crippen LogP contribution < -0.4 is 10.6 Å². The van der Waals surface area contributed by atoms with Crippen molar-refractivity contribution in [2.75, 3.05) is 12.4 Å². The van der Waals surface area contributed by atoms with Crippen LogP contribution in [0.4, 0.5) is 5.69 Å². The maximum absolute atomic E-state index is 12.4. The SMILES string of the molecule is COC(=O)c1ccccc1NC(=O)C1CC1C(=O)NCc1ccccn1. The normalized spacial score (nSPS) is 17.9. The van der Waals surface area contributed by atoms with Gasteiger partial charge in [0, 0.05) is 6.20 Å². The zero-order valence-corrected chi connectivity index (χ0v) is 14.3. The molecule has 0 aliphatic heterocycles. The van der Waals surface area contributed by atoms with Gasteiger partial charge in [0.15, 0.2) is 0 Å². The van der Waals surface area contributed by atoms with Crippen LogP contribution in [0.5, 0.6) is 0 Å². The largest absolute Gasteiger partial charge is 0.465 e. The molecule has 1 fully saturated rings. The maximum Gasteiger partial charge on any atom is 0.339 e. The van der Waals surface area contributed by atoms with Gasteiger partial charge in [-0.3, -0.25) is 14.6 Å². The van der Waals surface area contributed by atoms with Crippen LogP contribution in [0.3, 0.4) is 0 Å². The number of ether oxygens (including phenoxy) is 1. The number of para-hydroxylation sites is 1. The molecule has 1 heterocycles. The summed E-state index contributed by atoms with van der Waals surface area (Å²) in [6, 6.07) is 12.1. The number of esters is 1. The van der Waals surface area contributed by atoms with Crippen molar-refractivity contribution in [3.05, 3.63) is 59.9 Å². The monoisotopic (exact) mass is 353 g/mol. The number of nitrogens with one attached hydrogen (secondary N) is 2. The highest BCUT2D eigenvalue weighted by Gasteiger charge is 2.48. The lowest BCUT2D eigenvalue weighted by Crippen LogP contribution is -2.27. The van der Waals surface area contributed by atoms with E-state index in [0.717, 1.165) is 5.69 Å². The molecular formula is C19H19N3O4. The third-order valence-electron chi connectivity index (χ3n) is 4.22. The predicted octanol–water partition coefficient (Wildman–Crippen LogP) is 1.76. The molecule has 7 nitrogen and oxygen atoms in total. The molecule has 0 saturated heterocycles. The van der Waals surface area contributed by atoms with Gasteiger partial charge >= 0.3 is 5.97 Å². The van der Waals surface area contributed by atoms with Crippen LogP contribution in [-0.4, -0.2) is 29.9 Å². The van der Waals surface area contributed by atoms with E-state index in [1.54, 1.807) is 36.5 Å². The molecule has 1 aliphatic carbocycles. The number of rotatable bonds is 6. The Kier molecular flexibility index (Phi) is 5.26. The first-order chi connectivity index (χ1) is 12.6. The summed E-state index contributed by atoms with van der Waals surface area (Å²) in [4.78, 5) is 40.4. The van der Waals surface area contributed by atoms with Gasteiger partial charge in [-0.05, 0) is 30.7 Å². The average molecular weight is 353 g/mol. The van der Waals surface area contributed by atoms with Crippen LogP contribution in [0.1, 0.15) is 22.5 Å². The lowest BCUT2D eigenvalue weighted by Gasteiger charge is -2.09. The molecule has 1 aromatic carbocycles. The number of carbonyl (C=O) groups excluding carboxylic acids is 3. The van der Waals surface area contributed by atoms with E-state index in [9.17, 15) is 14.4 Å². The zero-order valence-electron chi connectivity index (χ0n) is 14.3. The molecule has 3 rings (SSSR count). The average Bonchev–Trinajstić information content (AvgIpc) is 3.48. The minimum atomic E-state index is -0.527. The Labute approximate surface area is 150 Å². The van der Waals surface area contributed by atoms with Crippen molar-refractivity contribution in [1.29, 1.82) is 0 Å². The van der Waals surface area contributed by atoms with E-state index in [0.29, 0.717) is 18.7 Å². The standard InChI is InChI=1S/C19H19N3O4/c1-26-19(25)13-7-2-3-8-16(13)22-18(24)15-10-14(15)17(23)21-11-12-6-4-5-9-20-12/h2-9,14-15H,10-11H2,1H3,(H,21,23)(H,22,24). The second kappa shape index (κ2) is 7.77. The molecule has 2 amide bonds. The number of amides is 2. The second-order valence-electron chi connectivity index (χ2n) is 6.01. The van der Waals surface area contributed by atoms with Crippen LogP contribution in [0.2, 0.25) is 0 Å². The minimum absolute atomic E-state index is 0.169. The van der Waals surface area contributed by atoms with Gasteiger partial charge in [0.2, 0.25) is 11.8 Å². The van der Waals surface area contributed by atoms with E-state index in [-0.39, 0.29) is 23.3 Å². The summed E-state index contributed by atoms with van der Waals surface area (Å²) in [6.07, 6.45) is 2.15. The van der Waals surface area contributed by atoms with Gasteiger partial charge < -0.3 is 15.4 Å². The number of hydrogen-bond donors (Lipinski definition) is 2. The molecule has 1 aromatic heterocycles. The van der Waals surface area contributed by atoms with Crippen LogP contribution >= 0.6 is 0 Å². The molecule has 1 saturated carbocycles. The predicted molar refractivity (Wildman–Crippen MR) is 94.1 cm³/mol. The van der Waals surface area contributed by atoms with Crippen LogP contribution in [0, 0.1) is 11.8 Å². The summed E-state index contributed by atoms with van der Waals surface area (Å²) in [5, 5.41) is 5.51. The fourth-order valence-electron chi connectivity index (χ4n) is 2.69. The van der Waals surface area contributed by atoms with E-state index in [1.807, 2.05) is 12.1 Å². The lowest BCUT2D eigenvalue weighted by atomic mass is 10.1. The number of pyridine rings is 1. The topological polar surface area (TPSA) is 97.4 Å². The van der Waals surface area contributed by atoms with Crippen LogP contribution in [-0.2, 0) is 20.9 Å². The Hall–Kier alpha value is -3.22. The highest BCUT2D eigenvalue weighted by molar-refractivity contribution is 6.04. The number of nitrogens with zero attached hydrogens (tertiary/aromatic N) is 1. The van der Waals surface area contributed by atoms with Gasteiger partial charge in [0.1, 0.15) is 0 Å². The Morgan fingerprint density at radius 2 is 1.81 bits per heavy atom. The molecule has 2 aromatic rings. The smallest absolute Gasteiger partial charge is 0.339 e. The minimum Gasteiger partial charge on any atom is -0.465 e. The lowest BCUT2D eigenvalue weighted by molar-refractivity contribution is -0.125. The van der Waals surface area contributed by atoms with Crippen molar-refractivity contribution in [1.82, 2.24) is 10.3 Å². The van der Waals surface area contributed by atoms with E-state index >= 15 is 0 Å². The Morgan fingerprint density at radius 3 is 2.54 bits per heavy atom. The molecule has 2 atom stereocenters. The van der Waals surface area contributed by atoms with Crippen molar-refractivity contribution >= 4 is 23.5 Å². The summed E-state index contributed by atoms with van der Waals surface area (Å²) in [5.74, 6) is -1.73. The Morgan fingerprint density at radius 1 is 1.08 bits per heavy atom. The number of hydrogen-bond acceptors (Lipinski definition) is 5. The van der Waals surface area contributed by atoms with Crippen molar-refractivity contribution in [2.24, 2.45) is 11.8 Å². The second-order valence-corrected chi connectivity index (χ2v) is 6.01. The van der Waals surface area contributed by atoms with Crippen molar-refractivity contribution in [2.45, 2.75) is 13.0 Å². The van der Waals surface area contributed by atoms with Gasteiger partial charge in [0.05, 0.1) is 42.4 Å².